The van der Waals surface area contributed by atoms with E-state index in [1.165, 1.54) is 22.5 Å². The molecule has 0 aliphatic carbocycles. The van der Waals surface area contributed by atoms with Crippen LogP contribution < -0.4 is 10.6 Å². The molecule has 0 spiro atoms. The summed E-state index contributed by atoms with van der Waals surface area (Å²) < 4.78 is 1.05. The Labute approximate surface area is 145 Å². The van der Waals surface area contributed by atoms with Crippen molar-refractivity contribution in [1.29, 1.82) is 0 Å². The van der Waals surface area contributed by atoms with E-state index < -0.39 is 0 Å². The van der Waals surface area contributed by atoms with Crippen molar-refractivity contribution < 1.29 is 4.79 Å². The summed E-state index contributed by atoms with van der Waals surface area (Å²) in [6.45, 7) is 4.55. The van der Waals surface area contributed by atoms with Crippen LogP contribution in [0.1, 0.15) is 23.6 Å². The van der Waals surface area contributed by atoms with E-state index in [9.17, 15) is 4.79 Å². The molecule has 3 aromatic rings. The highest BCUT2D eigenvalue weighted by molar-refractivity contribution is 7.22. The number of anilines is 1. The van der Waals surface area contributed by atoms with E-state index in [0.29, 0.717) is 11.7 Å². The van der Waals surface area contributed by atoms with E-state index in [2.05, 4.69) is 65.0 Å². The van der Waals surface area contributed by atoms with Crippen LogP contribution in [0, 0.1) is 6.92 Å². The number of amides is 2. The molecule has 0 unspecified atom stereocenters. The molecule has 0 saturated carbocycles. The average molecular weight is 337 g/mol. The van der Waals surface area contributed by atoms with Gasteiger partial charge in [-0.2, -0.15) is 0 Å². The maximum absolute atomic E-state index is 11.6. The van der Waals surface area contributed by atoms with Gasteiger partial charge in [0.05, 0.1) is 10.2 Å². The number of thiazole rings is 1. The first kappa shape index (κ1) is 16.2. The zero-order chi connectivity index (χ0) is 16.9. The predicted octanol–water partition coefficient (Wildman–Crippen LogP) is 4.92. The lowest BCUT2D eigenvalue weighted by Gasteiger charge is -2.00. The van der Waals surface area contributed by atoms with Crippen LogP contribution >= 0.6 is 11.3 Å². The van der Waals surface area contributed by atoms with Gasteiger partial charge < -0.3 is 5.32 Å². The average Bonchev–Trinajstić information content (AvgIpc) is 2.95. The Morgan fingerprint density at radius 1 is 1.12 bits per heavy atom. The first-order valence-electron chi connectivity index (χ1n) is 7.84. The molecule has 0 atom stereocenters. The monoisotopic (exact) mass is 337 g/mol. The Bertz CT molecular complexity index is 881. The molecule has 5 heteroatoms. The van der Waals surface area contributed by atoms with Gasteiger partial charge in [-0.05, 0) is 37.1 Å². The molecule has 1 aromatic heterocycles. The molecule has 0 aliphatic rings. The van der Waals surface area contributed by atoms with E-state index in [-0.39, 0.29) is 6.03 Å². The topological polar surface area (TPSA) is 54.0 Å². The van der Waals surface area contributed by atoms with Gasteiger partial charge in [0.25, 0.3) is 0 Å². The number of aromatic nitrogens is 1. The molecule has 1 heterocycles. The van der Waals surface area contributed by atoms with Crippen molar-refractivity contribution >= 4 is 44.9 Å². The smallest absolute Gasteiger partial charge is 0.321 e. The summed E-state index contributed by atoms with van der Waals surface area (Å²) in [5.74, 6) is 0. The Morgan fingerprint density at radius 3 is 2.58 bits per heavy atom. The molecule has 2 N–H and O–H groups in total. The first-order valence-corrected chi connectivity index (χ1v) is 8.66. The molecule has 0 bridgehead atoms. The molecule has 2 aromatic carbocycles. The third kappa shape index (κ3) is 4.00. The second kappa shape index (κ2) is 7.27. The molecule has 2 amide bonds. The zero-order valence-corrected chi connectivity index (χ0v) is 14.5. The highest BCUT2D eigenvalue weighted by Gasteiger charge is 2.07. The predicted molar refractivity (Wildman–Crippen MR) is 102 cm³/mol. The lowest BCUT2D eigenvalue weighted by Crippen LogP contribution is -2.28. The van der Waals surface area contributed by atoms with E-state index >= 15 is 0 Å². The van der Waals surface area contributed by atoms with Gasteiger partial charge in [0, 0.05) is 6.54 Å². The molecule has 122 valence electrons. The number of nitrogens with zero attached hydrogens (tertiary/aromatic N) is 1. The number of hydrogen-bond donors (Lipinski definition) is 2. The molecule has 0 saturated heterocycles. The van der Waals surface area contributed by atoms with Crippen molar-refractivity contribution in [1.82, 2.24) is 10.3 Å². The molecule has 0 fully saturated rings. The molecule has 0 radical (unpaired) electrons. The standard InChI is InChI=1S/C19H19N3OS/c1-3-20-18(23)22-19-21-16-11-10-15(12-17(16)24-19)9-8-14-6-4-13(2)5-7-14/h4-12H,3H2,1-2H3,(H2,20,21,22,23). The molecular formula is C19H19N3OS. The van der Waals surface area contributed by atoms with Gasteiger partial charge in [0.2, 0.25) is 0 Å². The van der Waals surface area contributed by atoms with Gasteiger partial charge in [-0.15, -0.1) is 0 Å². The van der Waals surface area contributed by atoms with Crippen molar-refractivity contribution in [2.75, 3.05) is 11.9 Å². The van der Waals surface area contributed by atoms with Gasteiger partial charge in [0.1, 0.15) is 0 Å². The van der Waals surface area contributed by atoms with Gasteiger partial charge in [-0.1, -0.05) is 59.4 Å². The Kier molecular flexibility index (Phi) is 4.91. The van der Waals surface area contributed by atoms with Crippen LogP contribution in [0.4, 0.5) is 9.93 Å². The highest BCUT2D eigenvalue weighted by Crippen LogP contribution is 2.27. The Morgan fingerprint density at radius 2 is 1.83 bits per heavy atom. The summed E-state index contributed by atoms with van der Waals surface area (Å²) >= 11 is 1.47. The van der Waals surface area contributed by atoms with Crippen molar-refractivity contribution in [2.24, 2.45) is 0 Å². The molecule has 24 heavy (non-hydrogen) atoms. The van der Waals surface area contributed by atoms with Crippen LogP contribution in [0.5, 0.6) is 0 Å². The summed E-state index contributed by atoms with van der Waals surface area (Å²) in [7, 11) is 0. The fourth-order valence-electron chi connectivity index (χ4n) is 2.27. The maximum atomic E-state index is 11.6. The number of benzene rings is 2. The normalized spacial score (nSPS) is 11.1. The highest BCUT2D eigenvalue weighted by atomic mass is 32.1. The van der Waals surface area contributed by atoms with Gasteiger partial charge >= 0.3 is 6.03 Å². The third-order valence-corrected chi connectivity index (χ3v) is 4.45. The number of fused-ring (bicyclic) bond motifs is 1. The number of aryl methyl sites for hydroxylation is 1. The zero-order valence-electron chi connectivity index (χ0n) is 13.7. The number of rotatable bonds is 4. The third-order valence-electron chi connectivity index (χ3n) is 3.52. The summed E-state index contributed by atoms with van der Waals surface area (Å²) in [4.78, 5) is 16.0. The number of carbonyl (C=O) groups excluding carboxylic acids is 1. The Balaban J connectivity index is 1.78. The molecule has 3 rings (SSSR count). The summed E-state index contributed by atoms with van der Waals surface area (Å²) in [5.41, 5.74) is 4.42. The van der Waals surface area contributed by atoms with Crippen LogP contribution in [0.15, 0.2) is 42.5 Å². The van der Waals surface area contributed by atoms with E-state index in [1.807, 2.05) is 19.1 Å². The van der Waals surface area contributed by atoms with Crippen molar-refractivity contribution in [3.05, 3.63) is 59.2 Å². The quantitative estimate of drug-likeness (QED) is 0.664. The second-order valence-corrected chi connectivity index (χ2v) is 6.51. The van der Waals surface area contributed by atoms with Crippen LogP contribution in [0.2, 0.25) is 0 Å². The number of urea groups is 1. The number of hydrogen-bond acceptors (Lipinski definition) is 3. The van der Waals surface area contributed by atoms with Crippen LogP contribution in [0.25, 0.3) is 22.4 Å². The first-order chi connectivity index (χ1) is 11.6. The van der Waals surface area contributed by atoms with E-state index in [1.54, 1.807) is 0 Å². The largest absolute Gasteiger partial charge is 0.338 e. The van der Waals surface area contributed by atoms with Crippen molar-refractivity contribution in [3.8, 4) is 0 Å². The molecular weight excluding hydrogens is 318 g/mol. The summed E-state index contributed by atoms with van der Waals surface area (Å²) in [6.07, 6.45) is 4.18. The Hall–Kier alpha value is -2.66. The summed E-state index contributed by atoms with van der Waals surface area (Å²) in [6, 6.07) is 14.3. The van der Waals surface area contributed by atoms with E-state index in [4.69, 9.17) is 0 Å². The number of nitrogens with one attached hydrogen (secondary N) is 2. The lowest BCUT2D eigenvalue weighted by molar-refractivity contribution is 0.252. The van der Waals surface area contributed by atoms with Crippen molar-refractivity contribution in [2.45, 2.75) is 13.8 Å². The fraction of sp³-hybridized carbons (Fsp3) is 0.158. The van der Waals surface area contributed by atoms with Gasteiger partial charge in [-0.3, -0.25) is 5.32 Å². The second-order valence-electron chi connectivity index (χ2n) is 5.47. The SMILES string of the molecule is CCNC(=O)Nc1nc2ccc(C=Cc3ccc(C)cc3)cc2s1. The minimum absolute atomic E-state index is 0.226. The lowest BCUT2D eigenvalue weighted by atomic mass is 10.1. The van der Waals surface area contributed by atoms with Gasteiger partial charge in [-0.25, -0.2) is 9.78 Å². The minimum atomic E-state index is -0.226. The van der Waals surface area contributed by atoms with Crippen molar-refractivity contribution in [3.63, 3.8) is 0 Å². The van der Waals surface area contributed by atoms with Gasteiger partial charge in [0.15, 0.2) is 5.13 Å². The fourth-order valence-corrected chi connectivity index (χ4v) is 3.18. The van der Waals surface area contributed by atoms with E-state index in [0.717, 1.165) is 15.8 Å². The molecule has 0 aliphatic heterocycles. The van der Waals surface area contributed by atoms with Crippen LogP contribution in [-0.4, -0.2) is 17.6 Å². The van der Waals surface area contributed by atoms with Crippen LogP contribution in [-0.2, 0) is 0 Å². The molecule has 4 nitrogen and oxygen atoms in total. The number of carbonyl (C=O) groups is 1. The maximum Gasteiger partial charge on any atom is 0.321 e. The minimum Gasteiger partial charge on any atom is -0.338 e. The summed E-state index contributed by atoms with van der Waals surface area (Å²) in [5, 5.41) is 6.06. The van der Waals surface area contributed by atoms with Crippen LogP contribution in [0.3, 0.4) is 0 Å².